The van der Waals surface area contributed by atoms with E-state index in [0.717, 1.165) is 35.1 Å². The van der Waals surface area contributed by atoms with Crippen LogP contribution in [0.3, 0.4) is 0 Å². The zero-order valence-electron chi connectivity index (χ0n) is 18.3. The van der Waals surface area contributed by atoms with Crippen LogP contribution in [0.25, 0.3) is 11.0 Å². The molecule has 0 saturated carbocycles. The summed E-state index contributed by atoms with van der Waals surface area (Å²) in [6.45, 7) is 2.52. The Labute approximate surface area is 192 Å². The Morgan fingerprint density at radius 3 is 2.45 bits per heavy atom. The first kappa shape index (κ1) is 23.1. The minimum absolute atomic E-state index is 0.321. The van der Waals surface area contributed by atoms with E-state index in [2.05, 4.69) is 0 Å². The maximum atomic E-state index is 11.9. The molecule has 7 nitrogen and oxygen atoms in total. The molecule has 0 aliphatic heterocycles. The Hall–Kier alpha value is -3.10. The van der Waals surface area contributed by atoms with Crippen LogP contribution in [0.15, 0.2) is 80.9 Å². The zero-order valence-corrected chi connectivity index (χ0v) is 18.3. The van der Waals surface area contributed by atoms with E-state index >= 15 is 0 Å². The normalized spacial score (nSPS) is 13.5. The van der Waals surface area contributed by atoms with Crippen molar-refractivity contribution >= 4 is 36.4 Å². The lowest BCUT2D eigenvalue weighted by Gasteiger charge is -2.29. The fourth-order valence-corrected chi connectivity index (χ4v) is 4.26. The van der Waals surface area contributed by atoms with Crippen LogP contribution < -0.4 is 16.0 Å². The van der Waals surface area contributed by atoms with Gasteiger partial charge < -0.3 is 29.4 Å². The zero-order chi connectivity index (χ0) is 23.5. The third kappa shape index (κ3) is 5.12. The summed E-state index contributed by atoms with van der Waals surface area (Å²) in [5.41, 5.74) is 3.93. The third-order valence-corrected chi connectivity index (χ3v) is 5.93. The fraction of sp³-hybridized carbons (Fsp3) is 0.208. The highest BCUT2D eigenvalue weighted by Crippen LogP contribution is 2.28. The standard InChI is InChI=1S/C24H25B2NO6/c1-16-12-24(28)33-23-13-19(10-11-20(16)23)27(14-17-6-2-4-8-21(17)25(29)30)15-18-7-3-5-9-22(18)26(31)32/h2,4,6-13,29-32H,3,5,14-15H2,1H3. The maximum absolute atomic E-state index is 11.9. The molecule has 0 bridgehead atoms. The molecule has 1 heterocycles. The van der Waals surface area contributed by atoms with Gasteiger partial charge in [0, 0.05) is 36.3 Å². The Kier molecular flexibility index (Phi) is 6.85. The smallest absolute Gasteiger partial charge is 0.423 e. The third-order valence-electron chi connectivity index (χ3n) is 5.93. The van der Waals surface area contributed by atoms with Crippen LogP contribution in [0.1, 0.15) is 24.0 Å². The van der Waals surface area contributed by atoms with Gasteiger partial charge in [-0.3, -0.25) is 0 Å². The maximum Gasteiger partial charge on any atom is 0.488 e. The molecule has 1 aliphatic carbocycles. The lowest BCUT2D eigenvalue weighted by molar-refractivity contribution is 0.419. The van der Waals surface area contributed by atoms with Gasteiger partial charge >= 0.3 is 19.9 Å². The number of fused-ring (bicyclic) bond motifs is 1. The number of anilines is 1. The van der Waals surface area contributed by atoms with Crippen LogP contribution in [0.2, 0.25) is 0 Å². The predicted molar refractivity (Wildman–Crippen MR) is 130 cm³/mol. The number of hydrogen-bond acceptors (Lipinski definition) is 7. The number of aryl methyl sites for hydroxylation is 1. The highest BCUT2D eigenvalue weighted by molar-refractivity contribution is 6.59. The van der Waals surface area contributed by atoms with Gasteiger partial charge in [0.15, 0.2) is 0 Å². The molecule has 0 unspecified atom stereocenters. The summed E-state index contributed by atoms with van der Waals surface area (Å²) in [7, 11) is -3.20. The number of benzene rings is 2. The molecule has 0 radical (unpaired) electrons. The van der Waals surface area contributed by atoms with Gasteiger partial charge in [-0.15, -0.1) is 0 Å². The van der Waals surface area contributed by atoms with Crippen molar-refractivity contribution in [3.8, 4) is 0 Å². The Balaban J connectivity index is 1.78. The SMILES string of the molecule is Cc1cc(=O)oc2cc(N(CC3=CCCC=C3B(O)O)Cc3ccccc3B(O)O)ccc12. The number of rotatable bonds is 7. The van der Waals surface area contributed by atoms with Crippen LogP contribution in [0, 0.1) is 6.92 Å². The summed E-state index contributed by atoms with van der Waals surface area (Å²) in [4.78, 5) is 13.9. The highest BCUT2D eigenvalue weighted by atomic mass is 16.4. The second-order valence-corrected chi connectivity index (χ2v) is 8.20. The van der Waals surface area contributed by atoms with E-state index in [1.54, 1.807) is 18.2 Å². The summed E-state index contributed by atoms with van der Waals surface area (Å²) in [5, 5.41) is 40.2. The van der Waals surface area contributed by atoms with Crippen molar-refractivity contribution < 1.29 is 24.5 Å². The predicted octanol–water partition coefficient (Wildman–Crippen LogP) is 1.45. The van der Waals surface area contributed by atoms with E-state index < -0.39 is 19.9 Å². The monoisotopic (exact) mass is 445 g/mol. The lowest BCUT2D eigenvalue weighted by atomic mass is 9.72. The summed E-state index contributed by atoms with van der Waals surface area (Å²) >= 11 is 0. The summed E-state index contributed by atoms with van der Waals surface area (Å²) < 4.78 is 5.43. The molecule has 2 aromatic carbocycles. The van der Waals surface area contributed by atoms with Gasteiger partial charge in [-0.05, 0) is 59.5 Å². The van der Waals surface area contributed by atoms with E-state index in [-0.39, 0.29) is 0 Å². The first-order valence-electron chi connectivity index (χ1n) is 10.8. The highest BCUT2D eigenvalue weighted by Gasteiger charge is 2.24. The molecule has 1 aromatic heterocycles. The molecule has 0 fully saturated rings. The van der Waals surface area contributed by atoms with Gasteiger partial charge in [0.1, 0.15) is 5.58 Å². The number of allylic oxidation sites excluding steroid dienone is 2. The van der Waals surface area contributed by atoms with Crippen molar-refractivity contribution in [2.75, 3.05) is 11.4 Å². The van der Waals surface area contributed by atoms with Gasteiger partial charge in [0.05, 0.1) is 0 Å². The Morgan fingerprint density at radius 1 is 0.939 bits per heavy atom. The number of nitrogens with zero attached hydrogens (tertiary/aromatic N) is 1. The first-order chi connectivity index (χ1) is 15.8. The van der Waals surface area contributed by atoms with Crippen molar-refractivity contribution in [1.29, 1.82) is 0 Å². The van der Waals surface area contributed by atoms with E-state index in [4.69, 9.17) is 4.42 Å². The van der Waals surface area contributed by atoms with E-state index in [1.165, 1.54) is 6.07 Å². The quantitative estimate of drug-likeness (QED) is 0.322. The van der Waals surface area contributed by atoms with Gasteiger partial charge in [-0.1, -0.05) is 36.4 Å². The summed E-state index contributed by atoms with van der Waals surface area (Å²) in [5.74, 6) is 0. The summed E-state index contributed by atoms with van der Waals surface area (Å²) in [6.07, 6.45) is 5.33. The van der Waals surface area contributed by atoms with Crippen molar-refractivity contribution in [2.45, 2.75) is 26.3 Å². The molecule has 168 valence electrons. The van der Waals surface area contributed by atoms with Crippen LogP contribution in [-0.4, -0.2) is 40.9 Å². The molecule has 9 heteroatoms. The van der Waals surface area contributed by atoms with E-state index in [0.29, 0.717) is 35.2 Å². The van der Waals surface area contributed by atoms with Crippen molar-refractivity contribution in [2.24, 2.45) is 0 Å². The molecular formula is C24H25B2NO6. The molecule has 4 N–H and O–H groups in total. The van der Waals surface area contributed by atoms with Gasteiger partial charge in [0.2, 0.25) is 0 Å². The van der Waals surface area contributed by atoms with Crippen LogP contribution in [0.5, 0.6) is 0 Å². The molecule has 0 spiro atoms. The molecule has 3 aromatic rings. The Bertz CT molecular complexity index is 1280. The van der Waals surface area contributed by atoms with Crippen molar-refractivity contribution in [3.63, 3.8) is 0 Å². The van der Waals surface area contributed by atoms with Crippen LogP contribution >= 0.6 is 0 Å². The molecule has 0 amide bonds. The second-order valence-electron chi connectivity index (χ2n) is 8.20. The number of hydrogen-bond donors (Lipinski definition) is 4. The second kappa shape index (κ2) is 9.80. The van der Waals surface area contributed by atoms with Crippen molar-refractivity contribution in [1.82, 2.24) is 0 Å². The van der Waals surface area contributed by atoms with E-state index in [1.807, 2.05) is 48.2 Å². The van der Waals surface area contributed by atoms with Gasteiger partial charge in [0.25, 0.3) is 0 Å². The van der Waals surface area contributed by atoms with Gasteiger partial charge in [-0.25, -0.2) is 4.79 Å². The van der Waals surface area contributed by atoms with E-state index in [9.17, 15) is 24.9 Å². The van der Waals surface area contributed by atoms with Crippen LogP contribution in [0.4, 0.5) is 5.69 Å². The fourth-order valence-electron chi connectivity index (χ4n) is 4.26. The average Bonchev–Trinajstić information content (AvgIpc) is 2.78. The van der Waals surface area contributed by atoms with Crippen LogP contribution in [-0.2, 0) is 6.54 Å². The molecular weight excluding hydrogens is 420 g/mol. The first-order valence-corrected chi connectivity index (χ1v) is 10.8. The molecule has 1 aliphatic rings. The van der Waals surface area contributed by atoms with Crippen molar-refractivity contribution in [3.05, 3.63) is 93.3 Å². The molecule has 0 saturated heterocycles. The average molecular weight is 445 g/mol. The minimum Gasteiger partial charge on any atom is -0.423 e. The lowest BCUT2D eigenvalue weighted by Crippen LogP contribution is -2.37. The Morgan fingerprint density at radius 2 is 1.70 bits per heavy atom. The topological polar surface area (TPSA) is 114 Å². The largest absolute Gasteiger partial charge is 0.488 e. The minimum atomic E-state index is -1.62. The molecule has 33 heavy (non-hydrogen) atoms. The molecule has 0 atom stereocenters. The van der Waals surface area contributed by atoms with Gasteiger partial charge in [-0.2, -0.15) is 0 Å². The molecule has 4 rings (SSSR count). The summed E-state index contributed by atoms with van der Waals surface area (Å²) in [6, 6.07) is 14.1.